The number of aromatic carboxylic acids is 1. The van der Waals surface area contributed by atoms with Gasteiger partial charge in [-0.2, -0.15) is 5.10 Å². The third-order valence-corrected chi connectivity index (χ3v) is 6.94. The van der Waals surface area contributed by atoms with E-state index in [1.807, 2.05) is 60.7 Å². The van der Waals surface area contributed by atoms with Crippen molar-refractivity contribution in [3.05, 3.63) is 141 Å². The molecule has 0 saturated carbocycles. The fraction of sp³-hybridized carbons (Fsp3) is 0.0606. The Morgan fingerprint density at radius 2 is 1.55 bits per heavy atom. The molecule has 8 nitrogen and oxygen atoms in total. The van der Waals surface area contributed by atoms with Crippen LogP contribution in [-0.4, -0.2) is 33.0 Å². The number of nitrogens with zero attached hydrogens (tertiary/aromatic N) is 2. The molecule has 5 aromatic rings. The number of hydrogen-bond acceptors (Lipinski definition) is 5. The second kappa shape index (κ2) is 12.4. The molecule has 1 atom stereocenters. The Balaban J connectivity index is 1.65. The lowest BCUT2D eigenvalue weighted by Crippen LogP contribution is -2.36. The minimum absolute atomic E-state index is 0.0746. The van der Waals surface area contributed by atoms with Crippen molar-refractivity contribution in [1.29, 1.82) is 0 Å². The molecule has 1 amide bonds. The second-order valence-electron chi connectivity index (χ2n) is 9.48. The highest BCUT2D eigenvalue weighted by atomic mass is 35.5. The molecule has 42 heavy (non-hydrogen) atoms. The molecule has 9 heteroatoms. The lowest BCUT2D eigenvalue weighted by atomic mass is 9.96. The van der Waals surface area contributed by atoms with Crippen LogP contribution >= 0.6 is 11.6 Å². The van der Waals surface area contributed by atoms with E-state index in [9.17, 15) is 24.3 Å². The van der Waals surface area contributed by atoms with Crippen LogP contribution in [0.1, 0.15) is 32.3 Å². The van der Waals surface area contributed by atoms with E-state index in [0.717, 1.165) is 10.2 Å². The molecule has 0 aliphatic carbocycles. The maximum Gasteiger partial charge on any atom is 0.335 e. The molecule has 208 valence electrons. The smallest absolute Gasteiger partial charge is 0.335 e. The summed E-state index contributed by atoms with van der Waals surface area (Å²) < 4.78 is 1.14. The summed E-state index contributed by atoms with van der Waals surface area (Å²) in [6.45, 7) is 0. The number of carboxylic acid groups (broad SMARTS) is 1. The SMILES string of the molecule is O=Cc1ccc(Cl)cc1-c1cc(=O)n(C(Cc2ccccc2)C(=O)Nc2ccc(C(=O)O)cc2)nc1-c1ccccc1. The molecule has 0 spiro atoms. The molecule has 5 rings (SSSR count). The van der Waals surface area contributed by atoms with Crippen molar-refractivity contribution in [1.82, 2.24) is 9.78 Å². The van der Waals surface area contributed by atoms with Crippen molar-refractivity contribution in [2.75, 3.05) is 5.32 Å². The summed E-state index contributed by atoms with van der Waals surface area (Å²) in [6, 6.07) is 29.1. The minimum atomic E-state index is -1.09. The summed E-state index contributed by atoms with van der Waals surface area (Å²) in [5, 5.41) is 17.1. The Morgan fingerprint density at radius 3 is 2.19 bits per heavy atom. The molecule has 1 aromatic heterocycles. The van der Waals surface area contributed by atoms with Gasteiger partial charge in [0, 0.05) is 39.9 Å². The summed E-state index contributed by atoms with van der Waals surface area (Å²) in [6.07, 6.45) is 0.838. The Bertz CT molecular complexity index is 1820. The number of carboxylic acids is 1. The maximum atomic E-state index is 13.7. The molecule has 1 heterocycles. The van der Waals surface area contributed by atoms with Gasteiger partial charge in [-0.15, -0.1) is 0 Å². The van der Waals surface area contributed by atoms with E-state index in [1.54, 1.807) is 18.2 Å². The zero-order chi connectivity index (χ0) is 29.6. The van der Waals surface area contributed by atoms with Crippen LogP contribution in [0.4, 0.5) is 5.69 Å². The monoisotopic (exact) mass is 577 g/mol. The lowest BCUT2D eigenvalue weighted by Gasteiger charge is -2.21. The van der Waals surface area contributed by atoms with Crippen LogP contribution in [0.15, 0.2) is 114 Å². The molecule has 4 aromatic carbocycles. The number of benzene rings is 4. The lowest BCUT2D eigenvalue weighted by molar-refractivity contribution is -0.119. The zero-order valence-electron chi connectivity index (χ0n) is 22.1. The summed E-state index contributed by atoms with van der Waals surface area (Å²) in [5.41, 5.74) is 2.91. The van der Waals surface area contributed by atoms with Gasteiger partial charge in [0.1, 0.15) is 6.04 Å². The number of carbonyl (C=O) groups is 3. The molecule has 0 radical (unpaired) electrons. The van der Waals surface area contributed by atoms with Gasteiger partial charge in [-0.1, -0.05) is 72.3 Å². The average molecular weight is 578 g/mol. The van der Waals surface area contributed by atoms with E-state index < -0.39 is 23.5 Å². The average Bonchev–Trinajstić information content (AvgIpc) is 3.01. The van der Waals surface area contributed by atoms with Crippen molar-refractivity contribution in [2.45, 2.75) is 12.5 Å². The zero-order valence-corrected chi connectivity index (χ0v) is 22.9. The van der Waals surface area contributed by atoms with E-state index in [4.69, 9.17) is 16.7 Å². The molecular formula is C33H24ClN3O5. The van der Waals surface area contributed by atoms with Crippen LogP contribution in [0.5, 0.6) is 0 Å². The van der Waals surface area contributed by atoms with Crippen LogP contribution in [0.2, 0.25) is 5.02 Å². The summed E-state index contributed by atoms with van der Waals surface area (Å²) in [4.78, 5) is 50.6. The Labute approximate surface area is 245 Å². The van der Waals surface area contributed by atoms with Gasteiger partial charge in [0.15, 0.2) is 6.29 Å². The van der Waals surface area contributed by atoms with Gasteiger partial charge < -0.3 is 10.4 Å². The molecule has 0 saturated heterocycles. The second-order valence-corrected chi connectivity index (χ2v) is 9.92. The first-order valence-electron chi connectivity index (χ1n) is 13.0. The van der Waals surface area contributed by atoms with Gasteiger partial charge >= 0.3 is 5.97 Å². The Morgan fingerprint density at radius 1 is 0.881 bits per heavy atom. The van der Waals surface area contributed by atoms with Crippen molar-refractivity contribution >= 4 is 35.5 Å². The van der Waals surface area contributed by atoms with E-state index in [1.165, 1.54) is 30.3 Å². The van der Waals surface area contributed by atoms with Crippen molar-refractivity contribution in [3.8, 4) is 22.4 Å². The molecule has 0 aliphatic heterocycles. The predicted octanol–water partition coefficient (Wildman–Crippen LogP) is 6.16. The van der Waals surface area contributed by atoms with Gasteiger partial charge in [-0.05, 0) is 53.6 Å². The van der Waals surface area contributed by atoms with Gasteiger partial charge in [-0.3, -0.25) is 14.4 Å². The van der Waals surface area contributed by atoms with Crippen molar-refractivity contribution in [3.63, 3.8) is 0 Å². The molecule has 1 unspecified atom stereocenters. The normalized spacial score (nSPS) is 11.5. The van der Waals surface area contributed by atoms with Crippen LogP contribution in [0.3, 0.4) is 0 Å². The van der Waals surface area contributed by atoms with E-state index in [2.05, 4.69) is 5.32 Å². The molecule has 0 aliphatic rings. The van der Waals surface area contributed by atoms with E-state index >= 15 is 0 Å². The quantitative estimate of drug-likeness (QED) is 0.202. The topological polar surface area (TPSA) is 118 Å². The fourth-order valence-electron chi connectivity index (χ4n) is 4.62. The van der Waals surface area contributed by atoms with E-state index in [-0.39, 0.29) is 12.0 Å². The van der Waals surface area contributed by atoms with Crippen LogP contribution < -0.4 is 10.9 Å². The number of aromatic nitrogens is 2. The minimum Gasteiger partial charge on any atom is -0.478 e. The first-order chi connectivity index (χ1) is 20.3. The van der Waals surface area contributed by atoms with Gasteiger partial charge in [0.25, 0.3) is 5.56 Å². The number of nitrogens with one attached hydrogen (secondary N) is 1. The maximum absolute atomic E-state index is 13.7. The number of rotatable bonds is 9. The van der Waals surface area contributed by atoms with Gasteiger partial charge in [0.05, 0.1) is 11.3 Å². The first kappa shape index (κ1) is 28.2. The predicted molar refractivity (Wildman–Crippen MR) is 161 cm³/mol. The first-order valence-corrected chi connectivity index (χ1v) is 13.3. The molecular weight excluding hydrogens is 554 g/mol. The summed E-state index contributed by atoms with van der Waals surface area (Å²) in [5.74, 6) is -1.60. The number of aldehydes is 1. The largest absolute Gasteiger partial charge is 0.478 e. The summed E-state index contributed by atoms with van der Waals surface area (Å²) >= 11 is 6.27. The number of amides is 1. The van der Waals surface area contributed by atoms with E-state index in [0.29, 0.717) is 44.9 Å². The third-order valence-electron chi connectivity index (χ3n) is 6.71. The van der Waals surface area contributed by atoms with Gasteiger partial charge in [0.2, 0.25) is 5.91 Å². The van der Waals surface area contributed by atoms with Crippen molar-refractivity contribution in [2.24, 2.45) is 0 Å². The summed E-state index contributed by atoms with van der Waals surface area (Å²) in [7, 11) is 0. The fourth-order valence-corrected chi connectivity index (χ4v) is 4.79. The Hall–Kier alpha value is -5.34. The Kier molecular flexibility index (Phi) is 8.36. The highest BCUT2D eigenvalue weighted by Crippen LogP contribution is 2.33. The number of hydrogen-bond donors (Lipinski definition) is 2. The number of carbonyl (C=O) groups excluding carboxylic acids is 2. The highest BCUT2D eigenvalue weighted by molar-refractivity contribution is 6.31. The van der Waals surface area contributed by atoms with Crippen LogP contribution in [0, 0.1) is 0 Å². The number of halogens is 1. The van der Waals surface area contributed by atoms with Crippen molar-refractivity contribution < 1.29 is 19.5 Å². The van der Waals surface area contributed by atoms with Gasteiger partial charge in [-0.25, -0.2) is 9.48 Å². The third kappa shape index (κ3) is 6.19. The highest BCUT2D eigenvalue weighted by Gasteiger charge is 2.26. The standard InChI is InChI=1S/C33H24ClN3O5/c34-25-14-11-24(20-38)27(18-25)28-19-30(39)37(36-31(28)22-9-5-2-6-10-22)29(17-21-7-3-1-4-8-21)32(40)35-26-15-12-23(13-16-26)33(41)42/h1-16,18-20,29H,17H2,(H,35,40)(H,41,42). The number of anilines is 1. The molecule has 0 fully saturated rings. The molecule has 2 N–H and O–H groups in total. The van der Waals surface area contributed by atoms with Crippen LogP contribution in [-0.2, 0) is 11.2 Å². The van der Waals surface area contributed by atoms with Crippen LogP contribution in [0.25, 0.3) is 22.4 Å². The molecule has 0 bridgehead atoms.